The number of halogens is 1. The molecule has 2 N–H and O–H groups in total. The molecule has 0 spiro atoms. The maximum absolute atomic E-state index is 12.4. The number of hydrogen-bond acceptors (Lipinski definition) is 4. The molecule has 0 aliphatic rings. The Bertz CT molecular complexity index is 1030. The zero-order valence-electron chi connectivity index (χ0n) is 15.9. The monoisotopic (exact) mass is 456 g/mol. The van der Waals surface area contributed by atoms with E-state index in [1.54, 1.807) is 24.3 Å². The van der Waals surface area contributed by atoms with Gasteiger partial charge in [0.05, 0.1) is 7.11 Å². The van der Waals surface area contributed by atoms with Crippen molar-refractivity contribution in [1.82, 2.24) is 10.3 Å². The number of ether oxygens (including phenoxy) is 1. The maximum Gasteiger partial charge on any atom is 0.328 e. The van der Waals surface area contributed by atoms with Crippen molar-refractivity contribution in [2.24, 2.45) is 0 Å². The van der Waals surface area contributed by atoms with Crippen LogP contribution in [0.2, 0.25) is 0 Å². The lowest BCUT2D eigenvalue weighted by Crippen LogP contribution is -2.43. The summed E-state index contributed by atoms with van der Waals surface area (Å²) in [6, 6.07) is 13.9. The highest BCUT2D eigenvalue weighted by Crippen LogP contribution is 2.19. The summed E-state index contributed by atoms with van der Waals surface area (Å²) in [6.07, 6.45) is 2.18. The van der Waals surface area contributed by atoms with Gasteiger partial charge in [-0.05, 0) is 23.8 Å². The van der Waals surface area contributed by atoms with Gasteiger partial charge in [-0.1, -0.05) is 46.3 Å². The molecule has 0 saturated carbocycles. The fraction of sp³-hybridized carbons (Fsp3) is 0.227. The summed E-state index contributed by atoms with van der Waals surface area (Å²) in [4.78, 5) is 40.0. The molecule has 6 nitrogen and oxygen atoms in total. The Kier molecular flexibility index (Phi) is 6.82. The number of hydrogen-bond donors (Lipinski definition) is 2. The minimum absolute atomic E-state index is 0.00369. The molecule has 3 rings (SSSR count). The van der Waals surface area contributed by atoms with Gasteiger partial charge in [-0.15, -0.1) is 0 Å². The van der Waals surface area contributed by atoms with E-state index in [1.165, 1.54) is 7.11 Å². The summed E-state index contributed by atoms with van der Waals surface area (Å²) in [5.74, 6) is -1.02. The molecule has 1 atom stereocenters. The number of Topliss-reactive ketones (excluding diaryl/α,β-unsaturated/α-hetero) is 1. The third kappa shape index (κ3) is 5.32. The molecule has 150 valence electrons. The van der Waals surface area contributed by atoms with Crippen molar-refractivity contribution in [2.75, 3.05) is 7.11 Å². The molecule has 29 heavy (non-hydrogen) atoms. The molecule has 0 unspecified atom stereocenters. The van der Waals surface area contributed by atoms with Crippen LogP contribution in [-0.2, 0) is 20.7 Å². The van der Waals surface area contributed by atoms with E-state index in [9.17, 15) is 14.4 Å². The molecule has 0 aliphatic carbocycles. The molecule has 0 saturated heterocycles. The SMILES string of the molecule is COC(=O)[C@@H](Cc1c[nH]c2ccccc12)NC(=O)CCC(=O)c1ccc(Br)cc1. The van der Waals surface area contributed by atoms with Crippen molar-refractivity contribution in [3.05, 3.63) is 70.3 Å². The van der Waals surface area contributed by atoms with E-state index >= 15 is 0 Å². The predicted molar refractivity (Wildman–Crippen MR) is 114 cm³/mol. The van der Waals surface area contributed by atoms with E-state index in [4.69, 9.17) is 4.74 Å². The molecule has 1 aromatic heterocycles. The van der Waals surface area contributed by atoms with Crippen LogP contribution in [0.25, 0.3) is 10.9 Å². The Balaban J connectivity index is 1.62. The van der Waals surface area contributed by atoms with Crippen LogP contribution in [0.3, 0.4) is 0 Å². The van der Waals surface area contributed by atoms with Crippen LogP contribution in [0.15, 0.2) is 59.2 Å². The number of H-pyrrole nitrogens is 1. The van der Waals surface area contributed by atoms with Gasteiger partial charge in [0.1, 0.15) is 6.04 Å². The number of amides is 1. The third-order valence-electron chi connectivity index (χ3n) is 4.67. The molecule has 1 heterocycles. The highest BCUT2D eigenvalue weighted by molar-refractivity contribution is 9.10. The molecule has 0 aliphatic heterocycles. The number of nitrogens with one attached hydrogen (secondary N) is 2. The smallest absolute Gasteiger partial charge is 0.328 e. The second-order valence-corrected chi connectivity index (χ2v) is 7.55. The average Bonchev–Trinajstić information content (AvgIpc) is 3.14. The molecule has 7 heteroatoms. The Morgan fingerprint density at radius 1 is 1.07 bits per heavy atom. The highest BCUT2D eigenvalue weighted by Gasteiger charge is 2.23. The van der Waals surface area contributed by atoms with Crippen molar-refractivity contribution < 1.29 is 19.1 Å². The molecule has 1 amide bonds. The van der Waals surface area contributed by atoms with Crippen LogP contribution >= 0.6 is 15.9 Å². The number of rotatable bonds is 8. The Hall–Kier alpha value is -2.93. The molecular formula is C22H21BrN2O4. The normalized spacial score (nSPS) is 11.8. The number of methoxy groups -OCH3 is 1. The summed E-state index contributed by atoms with van der Waals surface area (Å²) in [6.45, 7) is 0. The maximum atomic E-state index is 12.4. The summed E-state index contributed by atoms with van der Waals surface area (Å²) >= 11 is 3.32. The van der Waals surface area contributed by atoms with E-state index in [1.807, 2.05) is 30.5 Å². The number of aromatic amines is 1. The Labute approximate surface area is 176 Å². The van der Waals surface area contributed by atoms with Crippen LogP contribution < -0.4 is 5.32 Å². The van der Waals surface area contributed by atoms with Gasteiger partial charge in [0.15, 0.2) is 5.78 Å². The molecule has 0 fully saturated rings. The van der Waals surface area contributed by atoms with Crippen molar-refractivity contribution >= 4 is 44.5 Å². The number of fused-ring (bicyclic) bond motifs is 1. The van der Waals surface area contributed by atoms with Gasteiger partial charge < -0.3 is 15.0 Å². The highest BCUT2D eigenvalue weighted by atomic mass is 79.9. The number of carbonyl (C=O) groups excluding carboxylic acids is 3. The molecular weight excluding hydrogens is 436 g/mol. The van der Waals surface area contributed by atoms with Crippen molar-refractivity contribution in [3.8, 4) is 0 Å². The van der Waals surface area contributed by atoms with Gasteiger partial charge in [0.2, 0.25) is 5.91 Å². The van der Waals surface area contributed by atoms with Gasteiger partial charge in [-0.25, -0.2) is 4.79 Å². The minimum Gasteiger partial charge on any atom is -0.467 e. The van der Waals surface area contributed by atoms with E-state index in [0.29, 0.717) is 12.0 Å². The zero-order valence-corrected chi connectivity index (χ0v) is 17.5. The van der Waals surface area contributed by atoms with E-state index in [-0.39, 0.29) is 24.5 Å². The quantitative estimate of drug-likeness (QED) is 0.398. The van der Waals surface area contributed by atoms with Crippen molar-refractivity contribution in [2.45, 2.75) is 25.3 Å². The number of ketones is 1. The lowest BCUT2D eigenvalue weighted by atomic mass is 10.0. The average molecular weight is 457 g/mol. The molecule has 3 aromatic rings. The first-order valence-corrected chi connectivity index (χ1v) is 9.98. The second kappa shape index (κ2) is 9.52. The van der Waals surface area contributed by atoms with Crippen LogP contribution in [0.1, 0.15) is 28.8 Å². The van der Waals surface area contributed by atoms with Crippen LogP contribution in [0, 0.1) is 0 Å². The fourth-order valence-electron chi connectivity index (χ4n) is 3.13. The van der Waals surface area contributed by atoms with Crippen LogP contribution in [0.5, 0.6) is 0 Å². The lowest BCUT2D eigenvalue weighted by Gasteiger charge is -2.16. The number of esters is 1. The summed E-state index contributed by atoms with van der Waals surface area (Å²) in [5.41, 5.74) is 2.41. The zero-order chi connectivity index (χ0) is 20.8. The predicted octanol–water partition coefficient (Wildman–Crippen LogP) is 3.79. The Morgan fingerprint density at radius 2 is 1.79 bits per heavy atom. The van der Waals surface area contributed by atoms with Crippen LogP contribution in [-0.4, -0.2) is 35.8 Å². The third-order valence-corrected chi connectivity index (χ3v) is 5.19. The molecule has 0 bridgehead atoms. The minimum atomic E-state index is -0.825. The van der Waals surface area contributed by atoms with Crippen molar-refractivity contribution in [3.63, 3.8) is 0 Å². The first-order valence-electron chi connectivity index (χ1n) is 9.19. The van der Waals surface area contributed by atoms with Crippen LogP contribution in [0.4, 0.5) is 0 Å². The van der Waals surface area contributed by atoms with Gasteiger partial charge in [-0.2, -0.15) is 0 Å². The lowest BCUT2D eigenvalue weighted by molar-refractivity contribution is -0.145. The van der Waals surface area contributed by atoms with E-state index in [0.717, 1.165) is 20.9 Å². The fourth-order valence-corrected chi connectivity index (χ4v) is 3.39. The standard InChI is InChI=1S/C22H21BrN2O4/c1-29-22(28)19(12-15-13-24-18-5-3-2-4-17(15)18)25-21(27)11-10-20(26)14-6-8-16(23)9-7-14/h2-9,13,19,24H,10-12H2,1H3,(H,25,27)/t19-/m1/s1. The first-order chi connectivity index (χ1) is 14.0. The van der Waals surface area contributed by atoms with Gasteiger partial charge in [0, 0.05) is 46.4 Å². The largest absolute Gasteiger partial charge is 0.467 e. The number of aromatic nitrogens is 1. The second-order valence-electron chi connectivity index (χ2n) is 6.64. The van der Waals surface area contributed by atoms with Gasteiger partial charge >= 0.3 is 5.97 Å². The van der Waals surface area contributed by atoms with Gasteiger partial charge in [-0.3, -0.25) is 9.59 Å². The topological polar surface area (TPSA) is 88.3 Å². The summed E-state index contributed by atoms with van der Waals surface area (Å²) in [5, 5.41) is 3.69. The number of benzene rings is 2. The van der Waals surface area contributed by atoms with E-state index < -0.39 is 12.0 Å². The molecule has 2 aromatic carbocycles. The first kappa shape index (κ1) is 20.8. The Morgan fingerprint density at radius 3 is 2.52 bits per heavy atom. The number of para-hydroxylation sites is 1. The summed E-state index contributed by atoms with van der Waals surface area (Å²) in [7, 11) is 1.29. The van der Waals surface area contributed by atoms with E-state index in [2.05, 4.69) is 26.2 Å². The summed E-state index contributed by atoms with van der Waals surface area (Å²) < 4.78 is 5.72. The van der Waals surface area contributed by atoms with Gasteiger partial charge in [0.25, 0.3) is 0 Å². The van der Waals surface area contributed by atoms with Crippen molar-refractivity contribution in [1.29, 1.82) is 0 Å². The number of carbonyl (C=O) groups is 3. The molecule has 0 radical (unpaired) electrons.